The van der Waals surface area contributed by atoms with E-state index in [4.69, 9.17) is 16.3 Å². The topological polar surface area (TPSA) is 117 Å². The molecule has 1 aromatic rings. The van der Waals surface area contributed by atoms with Gasteiger partial charge in [0, 0.05) is 17.9 Å². The molecule has 0 saturated carbocycles. The number of ether oxygens (including phenoxy) is 1. The summed E-state index contributed by atoms with van der Waals surface area (Å²) in [5.41, 5.74) is 0.635. The van der Waals surface area contributed by atoms with Gasteiger partial charge in [-0.3, -0.25) is 9.59 Å². The highest BCUT2D eigenvalue weighted by Crippen LogP contribution is 2.73. The molecule has 0 aliphatic carbocycles. The van der Waals surface area contributed by atoms with Crippen LogP contribution in [0.15, 0.2) is 34.9 Å². The van der Waals surface area contributed by atoms with Gasteiger partial charge in [0.1, 0.15) is 16.8 Å². The normalized spacial score (nSPS) is 26.0. The number of nitrogens with one attached hydrogen (secondary N) is 2. The minimum Gasteiger partial charge on any atom is -0.484 e. The molecule has 11 heteroatoms. The Bertz CT molecular complexity index is 873. The summed E-state index contributed by atoms with van der Waals surface area (Å²) in [5.74, 6) is -1.30. The van der Waals surface area contributed by atoms with Crippen LogP contribution in [0.5, 0.6) is 5.75 Å². The highest BCUT2D eigenvalue weighted by molar-refractivity contribution is 8.39. The van der Waals surface area contributed by atoms with Crippen molar-refractivity contribution in [2.75, 3.05) is 19.4 Å². The summed E-state index contributed by atoms with van der Waals surface area (Å²) < 4.78 is 21.7. The van der Waals surface area contributed by atoms with E-state index in [0.717, 1.165) is 6.07 Å². The number of carbonyl (C=O) groups excluding carboxylic acids is 2. The van der Waals surface area contributed by atoms with Gasteiger partial charge in [-0.25, -0.2) is 4.39 Å². The Morgan fingerprint density at radius 3 is 2.68 bits per heavy atom. The average molecular weight is 476 g/mol. The molecule has 2 rings (SSSR count). The van der Waals surface area contributed by atoms with Gasteiger partial charge in [-0.2, -0.15) is 0 Å². The molecule has 1 heterocycles. The molecule has 0 radical (unpaired) electrons. The van der Waals surface area contributed by atoms with Gasteiger partial charge in [0.2, 0.25) is 5.91 Å². The maximum atomic E-state index is 13.4. The first-order valence-corrected chi connectivity index (χ1v) is 12.1. The number of rotatable bonds is 11. The third kappa shape index (κ3) is 6.41. The molecular formula is C20H27ClFN3O5S. The van der Waals surface area contributed by atoms with Crippen LogP contribution < -0.4 is 15.4 Å². The molecule has 8 nitrogen and oxygen atoms in total. The van der Waals surface area contributed by atoms with E-state index >= 15 is 0 Å². The van der Waals surface area contributed by atoms with E-state index in [0.29, 0.717) is 5.57 Å². The summed E-state index contributed by atoms with van der Waals surface area (Å²) in [6.45, 7) is 6.93. The molecular weight excluding hydrogens is 449 g/mol. The number of aliphatic hydroxyl groups is 1. The van der Waals surface area contributed by atoms with Gasteiger partial charge in [-0.15, -0.1) is 4.91 Å². The molecule has 5 atom stereocenters. The van der Waals surface area contributed by atoms with Gasteiger partial charge in [0.15, 0.2) is 6.61 Å². The van der Waals surface area contributed by atoms with Crippen molar-refractivity contribution in [1.82, 2.24) is 10.6 Å². The molecule has 1 aliphatic heterocycles. The third-order valence-corrected chi connectivity index (χ3v) is 8.99. The summed E-state index contributed by atoms with van der Waals surface area (Å²) >= 11 is 5.58. The summed E-state index contributed by atoms with van der Waals surface area (Å²) in [5, 5.41) is 15.0. The number of aliphatic hydroxyl groups excluding tert-OH is 1. The molecule has 172 valence electrons. The second kappa shape index (κ2) is 10.4. The predicted octanol–water partition coefficient (Wildman–Crippen LogP) is 2.67. The zero-order valence-corrected chi connectivity index (χ0v) is 19.1. The molecule has 31 heavy (non-hydrogen) atoms. The average Bonchev–Trinajstić information content (AvgIpc) is 3.27. The fourth-order valence-corrected chi connectivity index (χ4v) is 5.67. The number of halogens is 2. The highest BCUT2D eigenvalue weighted by Gasteiger charge is 2.60. The van der Waals surface area contributed by atoms with Crippen molar-refractivity contribution in [2.45, 2.75) is 42.9 Å². The van der Waals surface area contributed by atoms with Gasteiger partial charge < -0.3 is 20.5 Å². The summed E-state index contributed by atoms with van der Waals surface area (Å²) in [4.78, 5) is 35.4. The van der Waals surface area contributed by atoms with E-state index < -0.39 is 39.3 Å². The van der Waals surface area contributed by atoms with Gasteiger partial charge in [-0.05, 0) is 36.3 Å². The van der Waals surface area contributed by atoms with Crippen molar-refractivity contribution in [3.8, 4) is 5.75 Å². The van der Waals surface area contributed by atoms with E-state index in [9.17, 15) is 24.0 Å². The van der Waals surface area contributed by atoms with Gasteiger partial charge in [-0.1, -0.05) is 40.9 Å². The molecule has 3 N–H and O–H groups in total. The SMILES string of the molecule is C=C(C)C(CC(O)CNC(=O)COc1ccc(Cl)c(F)c1)NC(=O)C1C(C)S1(C)N=O. The zero-order valence-electron chi connectivity index (χ0n) is 17.6. The lowest BCUT2D eigenvalue weighted by Gasteiger charge is -2.22. The van der Waals surface area contributed by atoms with E-state index in [2.05, 4.69) is 21.8 Å². The Labute approximate surface area is 187 Å². The van der Waals surface area contributed by atoms with Crippen LogP contribution in [-0.2, 0) is 9.59 Å². The summed E-state index contributed by atoms with van der Waals surface area (Å²) in [6.07, 6.45) is 0.889. The minimum atomic E-state index is -1.82. The van der Waals surface area contributed by atoms with Crippen molar-refractivity contribution in [1.29, 1.82) is 0 Å². The largest absolute Gasteiger partial charge is 0.484 e. The van der Waals surface area contributed by atoms with Crippen molar-refractivity contribution in [3.05, 3.63) is 46.1 Å². The lowest BCUT2D eigenvalue weighted by molar-refractivity contribution is -0.124. The molecule has 2 amide bonds. The monoisotopic (exact) mass is 475 g/mol. The molecule has 1 aliphatic rings. The first-order chi connectivity index (χ1) is 14.5. The van der Waals surface area contributed by atoms with E-state index in [1.807, 2.05) is 6.92 Å². The van der Waals surface area contributed by atoms with Gasteiger partial charge in [0.05, 0.1) is 17.2 Å². The zero-order chi connectivity index (χ0) is 23.3. The van der Waals surface area contributed by atoms with Crippen molar-refractivity contribution in [2.24, 2.45) is 4.58 Å². The van der Waals surface area contributed by atoms with Crippen molar-refractivity contribution >= 4 is 33.6 Å². The van der Waals surface area contributed by atoms with Crippen LogP contribution in [0.4, 0.5) is 4.39 Å². The Balaban J connectivity index is 1.78. The molecule has 0 bridgehead atoms. The van der Waals surface area contributed by atoms with E-state index in [1.165, 1.54) is 12.1 Å². The number of nitroso groups, excluding NO2 is 1. The lowest BCUT2D eigenvalue weighted by atomic mass is 10.0. The quantitative estimate of drug-likeness (QED) is 0.258. The molecule has 0 aromatic heterocycles. The Kier molecular flexibility index (Phi) is 8.44. The van der Waals surface area contributed by atoms with Gasteiger partial charge in [0.25, 0.3) is 5.91 Å². The van der Waals surface area contributed by atoms with Crippen LogP contribution in [0.3, 0.4) is 0 Å². The molecule has 1 aromatic carbocycles. The number of amides is 2. The smallest absolute Gasteiger partial charge is 0.258 e. The van der Waals surface area contributed by atoms with Crippen molar-refractivity contribution < 1.29 is 23.8 Å². The fraction of sp³-hybridized carbons (Fsp3) is 0.500. The third-order valence-electron chi connectivity index (χ3n) is 5.25. The van der Waals surface area contributed by atoms with Crippen LogP contribution in [0, 0.1) is 10.7 Å². The van der Waals surface area contributed by atoms with Crippen LogP contribution in [0.25, 0.3) is 0 Å². The van der Waals surface area contributed by atoms with Gasteiger partial charge >= 0.3 is 0 Å². The number of nitrogens with zero attached hydrogens (tertiary/aromatic N) is 1. The molecule has 0 spiro atoms. The second-order valence-electron chi connectivity index (χ2n) is 7.67. The summed E-state index contributed by atoms with van der Waals surface area (Å²) in [7, 11) is -1.82. The maximum absolute atomic E-state index is 13.4. The Hall–Kier alpha value is -2.17. The number of hydrogen-bond acceptors (Lipinski definition) is 6. The Morgan fingerprint density at radius 2 is 2.13 bits per heavy atom. The van der Waals surface area contributed by atoms with Crippen LogP contribution >= 0.6 is 21.8 Å². The molecule has 1 saturated heterocycles. The number of carbonyl (C=O) groups is 2. The minimum absolute atomic E-state index is 0.0521. The predicted molar refractivity (Wildman–Crippen MR) is 120 cm³/mol. The lowest BCUT2D eigenvalue weighted by Crippen LogP contribution is -2.43. The number of hydrogen-bond donors (Lipinski definition) is 3. The highest BCUT2D eigenvalue weighted by atomic mass is 35.5. The van der Waals surface area contributed by atoms with Crippen LogP contribution in [0.2, 0.25) is 5.02 Å². The maximum Gasteiger partial charge on any atom is 0.258 e. The first-order valence-electron chi connectivity index (χ1n) is 9.58. The standard InChI is InChI=1S/C20H27ClFN3O5S/c1-11(2)17(24-20(28)19-12(3)31(19,4)25-29)7-13(26)9-23-18(27)10-30-14-5-6-15(21)16(22)8-14/h5-6,8,12-13,17,19,26H,1,7,9-10H2,2-4H3,(H,23,27)(H,24,28). The van der Waals surface area contributed by atoms with E-state index in [1.54, 1.807) is 13.2 Å². The molecule has 5 unspecified atom stereocenters. The second-order valence-corrected chi connectivity index (χ2v) is 11.5. The number of benzene rings is 1. The Morgan fingerprint density at radius 1 is 1.45 bits per heavy atom. The summed E-state index contributed by atoms with van der Waals surface area (Å²) in [6, 6.07) is 3.30. The van der Waals surface area contributed by atoms with E-state index in [-0.39, 0.29) is 41.5 Å². The van der Waals surface area contributed by atoms with Crippen molar-refractivity contribution in [3.63, 3.8) is 0 Å². The fourth-order valence-electron chi connectivity index (χ4n) is 3.10. The van der Waals surface area contributed by atoms with Crippen LogP contribution in [0.1, 0.15) is 20.3 Å². The van der Waals surface area contributed by atoms with Crippen LogP contribution in [-0.4, -0.2) is 59.0 Å². The first kappa shape index (κ1) is 25.1. The molecule has 1 fully saturated rings.